The van der Waals surface area contributed by atoms with Gasteiger partial charge in [0.1, 0.15) is 6.61 Å². The zero-order chi connectivity index (χ0) is 22.1. The Morgan fingerprint density at radius 2 is 2.06 bits per heavy atom. The van der Waals surface area contributed by atoms with Gasteiger partial charge in [-0.15, -0.1) is 0 Å². The number of rotatable bonds is 7. The summed E-state index contributed by atoms with van der Waals surface area (Å²) in [6.07, 6.45) is 15.2. The van der Waals surface area contributed by atoms with Crippen LogP contribution in [0.1, 0.15) is 84.5 Å². The molecule has 4 aliphatic carbocycles. The second kappa shape index (κ2) is 9.29. The summed E-state index contributed by atoms with van der Waals surface area (Å²) in [5.74, 6) is 3.68. The Bertz CT molecular complexity index is 670. The van der Waals surface area contributed by atoms with Crippen LogP contribution in [-0.4, -0.2) is 36.5 Å². The summed E-state index contributed by atoms with van der Waals surface area (Å²) < 4.78 is 0. The summed E-state index contributed by atoms with van der Waals surface area (Å²) in [4.78, 5) is 5.35. The first-order valence-electron chi connectivity index (χ1n) is 12.7. The number of nitrogens with one attached hydrogen (secondary N) is 2. The molecule has 0 aromatic heterocycles. The van der Waals surface area contributed by atoms with E-state index >= 15 is 0 Å². The largest absolute Gasteiger partial charge is 0.396 e. The van der Waals surface area contributed by atoms with Crippen molar-refractivity contribution in [1.29, 1.82) is 5.41 Å². The first-order valence-corrected chi connectivity index (χ1v) is 12.7. The Kier molecular flexibility index (Phi) is 6.85. The third-order valence-electron chi connectivity index (χ3n) is 9.90. The van der Waals surface area contributed by atoms with Gasteiger partial charge < -0.3 is 21.0 Å². The van der Waals surface area contributed by atoms with Gasteiger partial charge in [-0.25, -0.2) is 0 Å². The number of fused-ring (bicyclic) bond motifs is 5. The van der Waals surface area contributed by atoms with Gasteiger partial charge in [0.2, 0.25) is 0 Å². The first-order chi connectivity index (χ1) is 14.8. The highest BCUT2D eigenvalue weighted by Gasteiger charge is 2.58. The number of hydrogen-bond acceptors (Lipinski definition) is 4. The average molecular weight is 433 g/mol. The van der Waals surface area contributed by atoms with E-state index in [1.54, 1.807) is 0 Å². The molecular formula is C25H44N4O2. The molecule has 176 valence electrons. The minimum atomic E-state index is -0.207. The van der Waals surface area contributed by atoms with Gasteiger partial charge in [0, 0.05) is 19.2 Å². The zero-order valence-electron chi connectivity index (χ0n) is 19.6. The van der Waals surface area contributed by atoms with Crippen molar-refractivity contribution in [2.24, 2.45) is 51.3 Å². The predicted molar refractivity (Wildman–Crippen MR) is 125 cm³/mol. The van der Waals surface area contributed by atoms with Gasteiger partial charge >= 0.3 is 0 Å². The molecule has 0 spiro atoms. The van der Waals surface area contributed by atoms with Crippen LogP contribution < -0.4 is 11.1 Å². The first kappa shape index (κ1) is 22.9. The molecule has 6 heteroatoms. The molecule has 0 bridgehead atoms. The molecule has 0 aromatic carbocycles. The van der Waals surface area contributed by atoms with Crippen molar-refractivity contribution in [2.45, 2.75) is 90.6 Å². The van der Waals surface area contributed by atoms with Crippen molar-refractivity contribution >= 4 is 12.2 Å². The highest BCUT2D eigenvalue weighted by atomic mass is 16.6. The number of guanidine groups is 1. The Hall–Kier alpha value is -1.30. The molecular weight excluding hydrogens is 388 g/mol. The molecule has 31 heavy (non-hydrogen) atoms. The Labute approximate surface area is 188 Å². The molecule has 4 fully saturated rings. The van der Waals surface area contributed by atoms with E-state index < -0.39 is 0 Å². The van der Waals surface area contributed by atoms with Crippen LogP contribution in [0.3, 0.4) is 0 Å². The number of aliphatic hydroxyl groups is 1. The lowest BCUT2D eigenvalue weighted by Crippen LogP contribution is -2.55. The summed E-state index contributed by atoms with van der Waals surface area (Å²) in [6, 6.07) is 0. The fourth-order valence-electron chi connectivity index (χ4n) is 8.30. The van der Waals surface area contributed by atoms with Crippen molar-refractivity contribution in [1.82, 2.24) is 5.32 Å². The van der Waals surface area contributed by atoms with Crippen molar-refractivity contribution in [3.05, 3.63) is 0 Å². The second-order valence-electron chi connectivity index (χ2n) is 11.6. The van der Waals surface area contributed by atoms with Gasteiger partial charge in [0.15, 0.2) is 5.96 Å². The van der Waals surface area contributed by atoms with Crippen LogP contribution in [0.25, 0.3) is 0 Å². The molecule has 0 heterocycles. The van der Waals surface area contributed by atoms with Crippen molar-refractivity contribution in [3.8, 4) is 0 Å². The van der Waals surface area contributed by atoms with E-state index in [2.05, 4.69) is 24.3 Å². The fraction of sp³-hybridized carbons (Fsp3) is 0.920. The summed E-state index contributed by atoms with van der Waals surface area (Å²) in [5.41, 5.74) is 6.25. The molecule has 8 atom stereocenters. The maximum Gasteiger partial charge on any atom is 0.185 e. The lowest BCUT2D eigenvalue weighted by molar-refractivity contribution is -0.137. The van der Waals surface area contributed by atoms with E-state index in [4.69, 9.17) is 16.0 Å². The van der Waals surface area contributed by atoms with Crippen LogP contribution in [0.4, 0.5) is 0 Å². The highest BCUT2D eigenvalue weighted by Crippen LogP contribution is 2.66. The molecule has 1 unspecified atom stereocenters. The average Bonchev–Trinajstić information content (AvgIpc) is 3.12. The SMILES string of the molecule is C[C@@]12CCC[C@H]1[C@@H]1CC[C@@H]3C[C@@H](O)C(CC=NOCCCNC(=N)N)C[C@]3(C)[C@H]1CC2. The molecule has 0 aliphatic heterocycles. The van der Waals surface area contributed by atoms with E-state index in [9.17, 15) is 5.11 Å². The van der Waals surface area contributed by atoms with Crippen molar-refractivity contribution in [3.63, 3.8) is 0 Å². The molecule has 0 radical (unpaired) electrons. The normalized spacial score (nSPS) is 44.4. The van der Waals surface area contributed by atoms with Crippen LogP contribution in [0, 0.1) is 45.8 Å². The molecule has 0 aromatic rings. The number of hydrogen-bond donors (Lipinski definition) is 4. The van der Waals surface area contributed by atoms with E-state index in [1.807, 2.05) is 6.21 Å². The maximum atomic E-state index is 10.9. The number of nitrogens with two attached hydrogens (primary N) is 1. The standard InChI is InChI=1S/C25H44N4O2/c1-24-10-3-5-20(24)19-7-6-18-15-22(30)17(16-25(18,2)21(19)8-11-24)9-13-29-31-14-4-12-28-23(26)27/h13,17-22,30H,3-12,14-16H2,1-2H3,(H4,26,27,28)/t17?,18-,19+,20+,21+,22-,24+,25+/m1/s1. The van der Waals surface area contributed by atoms with E-state index in [0.29, 0.717) is 35.8 Å². The van der Waals surface area contributed by atoms with Gasteiger partial charge in [-0.3, -0.25) is 5.41 Å². The summed E-state index contributed by atoms with van der Waals surface area (Å²) in [5, 5.41) is 24.9. The smallest absolute Gasteiger partial charge is 0.185 e. The third kappa shape index (κ3) is 4.60. The van der Waals surface area contributed by atoms with Crippen molar-refractivity contribution in [2.75, 3.05) is 13.2 Å². The topological polar surface area (TPSA) is 104 Å². The summed E-state index contributed by atoms with van der Waals surface area (Å²) in [6.45, 7) is 6.28. The Morgan fingerprint density at radius 3 is 2.87 bits per heavy atom. The van der Waals surface area contributed by atoms with Gasteiger partial charge in [-0.2, -0.15) is 0 Å². The van der Waals surface area contributed by atoms with Crippen molar-refractivity contribution < 1.29 is 9.94 Å². The summed E-state index contributed by atoms with van der Waals surface area (Å²) >= 11 is 0. The Morgan fingerprint density at radius 1 is 1.23 bits per heavy atom. The molecule has 4 saturated carbocycles. The van der Waals surface area contributed by atoms with Crippen LogP contribution in [0.2, 0.25) is 0 Å². The predicted octanol–water partition coefficient (Wildman–Crippen LogP) is 4.27. The van der Waals surface area contributed by atoms with Crippen LogP contribution in [0.5, 0.6) is 0 Å². The van der Waals surface area contributed by atoms with E-state index in [-0.39, 0.29) is 12.1 Å². The number of nitrogens with zero attached hydrogens (tertiary/aromatic N) is 1. The highest BCUT2D eigenvalue weighted by molar-refractivity contribution is 5.74. The van der Waals surface area contributed by atoms with Crippen LogP contribution in [0.15, 0.2) is 5.16 Å². The maximum absolute atomic E-state index is 10.9. The Balaban J connectivity index is 1.32. The zero-order valence-corrected chi connectivity index (χ0v) is 19.6. The molecule has 0 amide bonds. The third-order valence-corrected chi connectivity index (χ3v) is 9.90. The summed E-state index contributed by atoms with van der Waals surface area (Å²) in [7, 11) is 0. The van der Waals surface area contributed by atoms with Gasteiger partial charge in [-0.1, -0.05) is 25.4 Å². The monoisotopic (exact) mass is 432 g/mol. The van der Waals surface area contributed by atoms with Crippen LogP contribution in [-0.2, 0) is 4.84 Å². The van der Waals surface area contributed by atoms with Gasteiger partial charge in [0.25, 0.3) is 0 Å². The minimum absolute atomic E-state index is 0.0120. The molecule has 6 nitrogen and oxygen atoms in total. The van der Waals surface area contributed by atoms with Gasteiger partial charge in [0.05, 0.1) is 6.10 Å². The molecule has 4 aliphatic rings. The van der Waals surface area contributed by atoms with Gasteiger partial charge in [-0.05, 0) is 98.2 Å². The second-order valence-corrected chi connectivity index (χ2v) is 11.6. The fourth-order valence-corrected chi connectivity index (χ4v) is 8.30. The molecule has 5 N–H and O–H groups in total. The molecule has 0 saturated heterocycles. The molecule has 4 rings (SSSR count). The van der Waals surface area contributed by atoms with E-state index in [1.165, 1.54) is 44.9 Å². The minimum Gasteiger partial charge on any atom is -0.396 e. The lowest BCUT2D eigenvalue weighted by atomic mass is 9.44. The van der Waals surface area contributed by atoms with E-state index in [0.717, 1.165) is 43.4 Å². The van der Waals surface area contributed by atoms with Crippen LogP contribution >= 0.6 is 0 Å². The lowest BCUT2D eigenvalue weighted by Gasteiger charge is -2.61. The quantitative estimate of drug-likeness (QED) is 0.209. The number of aliphatic hydroxyl groups excluding tert-OH is 1. The number of oxime groups is 1.